The van der Waals surface area contributed by atoms with Crippen molar-refractivity contribution in [2.75, 3.05) is 75.2 Å². The molecule has 4 fully saturated rings. The van der Waals surface area contributed by atoms with Gasteiger partial charge in [-0.25, -0.2) is 13.8 Å². The number of methoxy groups -OCH3 is 1. The number of hydrogen-bond acceptors (Lipinski definition) is 13. The molecule has 1 aliphatic carbocycles. The Labute approximate surface area is 421 Å². The van der Waals surface area contributed by atoms with E-state index in [9.17, 15) is 18.9 Å². The Morgan fingerprint density at radius 1 is 0.887 bits per heavy atom. The molecule has 1 unspecified atom stereocenters. The summed E-state index contributed by atoms with van der Waals surface area (Å²) in [4.78, 5) is 58.6. The number of piperazine rings is 1. The Bertz CT molecular complexity index is 2880. The number of hydrogen-bond donors (Lipinski definition) is 3. The van der Waals surface area contributed by atoms with Crippen molar-refractivity contribution in [2.45, 2.75) is 89.7 Å². The van der Waals surface area contributed by atoms with E-state index in [1.54, 1.807) is 26.6 Å². The SMILES string of the molecule is CCc1cc(Nc2ncc(Br)c(Nc3ccc4nc(C)ccc4c3P(C)(C)=O)n2)c(OC)cc1N1CCC(N2CCN(C(=O)[C@H]3CC[C@@H](Oc4cc(F)c(C5CCC(=O)NC5=O)c(F)c4)CC3)CC2)CC1. The van der Waals surface area contributed by atoms with Gasteiger partial charge in [0.25, 0.3) is 0 Å². The number of nitrogens with zero attached hydrogens (tertiary/aromatic N) is 6. The summed E-state index contributed by atoms with van der Waals surface area (Å²) < 4.78 is 56.5. The third-order valence-electron chi connectivity index (χ3n) is 14.5. The Morgan fingerprint density at radius 2 is 1.61 bits per heavy atom. The quantitative estimate of drug-likeness (QED) is 0.0755. The van der Waals surface area contributed by atoms with Crippen LogP contribution < -0.4 is 35.6 Å². The molecule has 3 amide bonds. The summed E-state index contributed by atoms with van der Waals surface area (Å²) >= 11 is 3.61. The molecular weight excluding hydrogens is 996 g/mol. The summed E-state index contributed by atoms with van der Waals surface area (Å²) in [6.07, 6.45) is 6.72. The molecule has 0 radical (unpaired) electrons. The Hall–Kier alpha value is -5.71. The highest BCUT2D eigenvalue weighted by Gasteiger charge is 2.36. The summed E-state index contributed by atoms with van der Waals surface area (Å²) in [7, 11) is -1.09. The fraction of sp³-hybridized carbons (Fsp3) is 0.462. The van der Waals surface area contributed by atoms with Crippen molar-refractivity contribution in [2.24, 2.45) is 5.92 Å². The molecule has 19 heteroatoms. The second-order valence-electron chi connectivity index (χ2n) is 19.5. The van der Waals surface area contributed by atoms with Gasteiger partial charge in [0.1, 0.15) is 36.1 Å². The number of amides is 3. The summed E-state index contributed by atoms with van der Waals surface area (Å²) in [6, 6.07) is 14.6. The number of piperidine rings is 2. The lowest BCUT2D eigenvalue weighted by Crippen LogP contribution is -2.55. The lowest BCUT2D eigenvalue weighted by molar-refractivity contribution is -0.139. The fourth-order valence-corrected chi connectivity index (χ4v) is 12.6. The number of halogens is 3. The minimum absolute atomic E-state index is 0.0204. The minimum atomic E-state index is -2.75. The number of rotatable bonds is 13. The summed E-state index contributed by atoms with van der Waals surface area (Å²) in [5.41, 5.74) is 5.07. The van der Waals surface area contributed by atoms with Crippen molar-refractivity contribution in [3.8, 4) is 11.5 Å². The van der Waals surface area contributed by atoms with E-state index in [0.29, 0.717) is 77.8 Å². The normalized spacial score (nSPS) is 20.5. The minimum Gasteiger partial charge on any atom is -0.494 e. The number of ether oxygens (including phenoxy) is 2. The smallest absolute Gasteiger partial charge is 0.234 e. The fourth-order valence-electron chi connectivity index (χ4n) is 10.8. The van der Waals surface area contributed by atoms with Crippen LogP contribution in [-0.2, 0) is 25.4 Å². The van der Waals surface area contributed by atoms with Crippen LogP contribution in [0.15, 0.2) is 59.2 Å². The average Bonchev–Trinajstić information content (AvgIpc) is 3.35. The van der Waals surface area contributed by atoms with Crippen molar-refractivity contribution in [3.63, 3.8) is 0 Å². The Kier molecular flexibility index (Phi) is 15.0. The number of benzene rings is 3. The molecule has 376 valence electrons. The number of carbonyl (C=O) groups excluding carboxylic acids is 3. The van der Waals surface area contributed by atoms with Crippen LogP contribution in [0.4, 0.5) is 37.6 Å². The van der Waals surface area contributed by atoms with E-state index in [1.807, 2.05) is 36.1 Å². The maximum absolute atomic E-state index is 15.1. The summed E-state index contributed by atoms with van der Waals surface area (Å²) in [5.74, 6) is -2.32. The molecule has 2 aromatic heterocycles. The van der Waals surface area contributed by atoms with Gasteiger partial charge < -0.3 is 34.5 Å². The zero-order valence-corrected chi connectivity index (χ0v) is 43.3. The first-order valence-electron chi connectivity index (χ1n) is 24.6. The molecule has 1 saturated carbocycles. The second kappa shape index (κ2) is 21.2. The van der Waals surface area contributed by atoms with Crippen LogP contribution in [0.3, 0.4) is 0 Å². The van der Waals surface area contributed by atoms with Crippen molar-refractivity contribution >= 4 is 85.8 Å². The van der Waals surface area contributed by atoms with Gasteiger partial charge in [-0.05, 0) is 117 Å². The van der Waals surface area contributed by atoms with Gasteiger partial charge in [0.15, 0.2) is 0 Å². The summed E-state index contributed by atoms with van der Waals surface area (Å²) in [6.45, 7) is 12.4. The van der Waals surface area contributed by atoms with Gasteiger partial charge in [-0.15, -0.1) is 0 Å². The first-order chi connectivity index (χ1) is 34.1. The van der Waals surface area contributed by atoms with E-state index in [4.69, 9.17) is 14.5 Å². The van der Waals surface area contributed by atoms with Crippen LogP contribution in [0.5, 0.6) is 11.5 Å². The first-order valence-corrected chi connectivity index (χ1v) is 28.0. The largest absolute Gasteiger partial charge is 0.494 e. The zero-order valence-electron chi connectivity index (χ0n) is 40.8. The van der Waals surface area contributed by atoms with Gasteiger partial charge in [0.05, 0.1) is 40.5 Å². The summed E-state index contributed by atoms with van der Waals surface area (Å²) in [5, 5.41) is 10.5. The third-order valence-corrected chi connectivity index (χ3v) is 16.6. The number of fused-ring (bicyclic) bond motifs is 1. The molecule has 3 aliphatic heterocycles. The molecule has 3 N–H and O–H groups in total. The van der Waals surface area contributed by atoms with Crippen LogP contribution in [0, 0.1) is 24.5 Å². The van der Waals surface area contributed by atoms with Gasteiger partial charge in [-0.2, -0.15) is 4.98 Å². The van der Waals surface area contributed by atoms with Gasteiger partial charge >= 0.3 is 0 Å². The van der Waals surface area contributed by atoms with E-state index in [0.717, 1.165) is 85.5 Å². The molecule has 9 rings (SSSR count). The van der Waals surface area contributed by atoms with E-state index < -0.39 is 36.5 Å². The monoisotopic (exact) mass is 1060 g/mol. The number of imide groups is 1. The molecule has 1 atom stereocenters. The van der Waals surface area contributed by atoms with Crippen molar-refractivity contribution in [1.29, 1.82) is 0 Å². The van der Waals surface area contributed by atoms with Crippen LogP contribution in [0.25, 0.3) is 10.9 Å². The van der Waals surface area contributed by atoms with Crippen LogP contribution in [0.2, 0.25) is 0 Å². The molecule has 71 heavy (non-hydrogen) atoms. The number of anilines is 5. The van der Waals surface area contributed by atoms with Gasteiger partial charge in [-0.1, -0.05) is 13.0 Å². The highest BCUT2D eigenvalue weighted by atomic mass is 79.9. The number of aromatic nitrogens is 3. The molecule has 15 nitrogen and oxygen atoms in total. The topological polar surface area (TPSA) is 171 Å². The number of nitrogens with one attached hydrogen (secondary N) is 3. The van der Waals surface area contributed by atoms with E-state index in [2.05, 4.69) is 70.7 Å². The highest BCUT2D eigenvalue weighted by Crippen LogP contribution is 2.43. The first kappa shape index (κ1) is 50.2. The van der Waals surface area contributed by atoms with Crippen molar-refractivity contribution < 1.29 is 37.2 Å². The molecule has 4 aliphatic rings. The maximum Gasteiger partial charge on any atom is 0.234 e. The van der Waals surface area contributed by atoms with Crippen molar-refractivity contribution in [3.05, 3.63) is 87.7 Å². The Balaban J connectivity index is 0.766. The molecule has 0 bridgehead atoms. The van der Waals surface area contributed by atoms with Crippen LogP contribution in [-0.4, -0.2) is 114 Å². The van der Waals surface area contributed by atoms with Gasteiger partial charge in [0, 0.05) is 110 Å². The molecule has 3 saturated heterocycles. The van der Waals surface area contributed by atoms with Gasteiger partial charge in [-0.3, -0.25) is 29.6 Å². The van der Waals surface area contributed by atoms with Gasteiger partial charge in [0.2, 0.25) is 23.7 Å². The van der Waals surface area contributed by atoms with E-state index in [-0.39, 0.29) is 42.1 Å². The molecule has 0 spiro atoms. The molecule has 5 aromatic rings. The van der Waals surface area contributed by atoms with Crippen molar-refractivity contribution in [1.82, 2.24) is 30.1 Å². The number of carbonyl (C=O) groups is 3. The standard InChI is InChI=1S/C52H61BrF2N9O6P/c1-6-31-25-43(59-52-56-29-38(53)49(61-52)58-42-15-14-41-36(12-7-30(2)57-41)48(42)71(4,5)68)45(69-3)28-44(31)63-19-17-33(18-20-63)62-21-23-64(24-22-62)51(67)32-8-10-34(11-9-32)70-35-26-39(54)47(40(55)27-35)37-13-16-46(65)60-50(37)66/h7,12,14-15,25-29,32-34,37H,6,8-11,13,16-24H2,1-5H3,(H,60,65,66)(H2,56,58,59,61)/t32-,34+,37?. The van der Waals surface area contributed by atoms with E-state index in [1.165, 1.54) is 5.56 Å². The van der Waals surface area contributed by atoms with Crippen LogP contribution in [0.1, 0.15) is 81.0 Å². The predicted molar refractivity (Wildman–Crippen MR) is 275 cm³/mol. The number of aryl methyl sites for hydroxylation is 2. The lowest BCUT2D eigenvalue weighted by Gasteiger charge is -2.44. The number of pyridine rings is 1. The lowest BCUT2D eigenvalue weighted by atomic mass is 9.86. The molecule has 3 aromatic carbocycles. The average molecular weight is 1060 g/mol. The molecular formula is C52H61BrF2N9O6P. The van der Waals surface area contributed by atoms with E-state index >= 15 is 8.78 Å². The van der Waals surface area contributed by atoms with Crippen LogP contribution >= 0.6 is 23.1 Å². The zero-order chi connectivity index (χ0) is 50.1. The third kappa shape index (κ3) is 11.0. The molecule has 5 heterocycles. The maximum atomic E-state index is 15.1. The predicted octanol–water partition coefficient (Wildman–Crippen LogP) is 8.95. The Morgan fingerprint density at radius 3 is 2.27 bits per heavy atom. The highest BCUT2D eigenvalue weighted by molar-refractivity contribution is 9.10. The second-order valence-corrected chi connectivity index (χ2v) is 23.5.